The molecule has 2 aromatic heterocycles. The fraction of sp³-hybridized carbons (Fsp3) is 0.320. The summed E-state index contributed by atoms with van der Waals surface area (Å²) in [6, 6.07) is 16.0. The number of aromatic amines is 1. The number of allylic oxidation sites excluding steroid dienone is 2. The van der Waals surface area contributed by atoms with Gasteiger partial charge in [0.25, 0.3) is 0 Å². The molecule has 0 fully saturated rings. The number of nitrogens with one attached hydrogen (secondary N) is 1. The molecule has 0 saturated heterocycles. The number of tetrazole rings is 1. The summed E-state index contributed by atoms with van der Waals surface area (Å²) in [5.74, 6) is -2.34. The number of hydrogen-bond donors (Lipinski definition) is 1. The highest BCUT2D eigenvalue weighted by Gasteiger charge is 2.36. The van der Waals surface area contributed by atoms with E-state index in [1.807, 2.05) is 67.6 Å². The maximum absolute atomic E-state index is 14.4. The van der Waals surface area contributed by atoms with Gasteiger partial charge >= 0.3 is 5.92 Å². The second-order valence-electron chi connectivity index (χ2n) is 8.12. The zero-order valence-electron chi connectivity index (χ0n) is 19.2. The molecule has 7 nitrogen and oxygen atoms in total. The van der Waals surface area contributed by atoms with E-state index in [2.05, 4.69) is 30.7 Å². The first-order chi connectivity index (χ1) is 16.5. The minimum absolute atomic E-state index is 0.264. The van der Waals surface area contributed by atoms with Crippen molar-refractivity contribution in [3.8, 4) is 11.4 Å². The largest absolute Gasteiger partial charge is 0.308 e. The van der Waals surface area contributed by atoms with E-state index in [-0.39, 0.29) is 6.42 Å². The van der Waals surface area contributed by atoms with Crippen molar-refractivity contribution in [2.75, 3.05) is 0 Å². The van der Waals surface area contributed by atoms with Gasteiger partial charge in [-0.3, -0.25) is 0 Å². The molecule has 9 heteroatoms. The smallest absolute Gasteiger partial charge is 0.245 e. The summed E-state index contributed by atoms with van der Waals surface area (Å²) in [5, 5.41) is 18.5. The van der Waals surface area contributed by atoms with Gasteiger partial charge in [-0.25, -0.2) is 9.67 Å². The zero-order chi connectivity index (χ0) is 24.0. The summed E-state index contributed by atoms with van der Waals surface area (Å²) in [4.78, 5) is 4.17. The highest BCUT2D eigenvalue weighted by molar-refractivity contribution is 5.60. The Labute approximate surface area is 196 Å². The molecule has 176 valence electrons. The molecule has 2 heterocycles. The van der Waals surface area contributed by atoms with E-state index in [1.165, 1.54) is 0 Å². The first kappa shape index (κ1) is 23.4. The van der Waals surface area contributed by atoms with E-state index in [0.717, 1.165) is 22.3 Å². The van der Waals surface area contributed by atoms with Crippen molar-refractivity contribution in [1.82, 2.24) is 35.4 Å². The van der Waals surface area contributed by atoms with Crippen LogP contribution in [0, 0.1) is 0 Å². The molecule has 2 aromatic carbocycles. The summed E-state index contributed by atoms with van der Waals surface area (Å²) < 4.78 is 30.5. The first-order valence-corrected chi connectivity index (χ1v) is 11.3. The molecule has 0 aliphatic carbocycles. The van der Waals surface area contributed by atoms with Gasteiger partial charge in [0.15, 0.2) is 0 Å². The molecule has 0 radical (unpaired) electrons. The fourth-order valence-corrected chi connectivity index (χ4v) is 3.78. The van der Waals surface area contributed by atoms with Crippen LogP contribution in [0.5, 0.6) is 0 Å². The van der Waals surface area contributed by atoms with Crippen molar-refractivity contribution in [1.29, 1.82) is 0 Å². The summed E-state index contributed by atoms with van der Waals surface area (Å²) >= 11 is 0. The van der Waals surface area contributed by atoms with Crippen LogP contribution in [0.15, 0.2) is 60.7 Å². The van der Waals surface area contributed by atoms with Crippen LogP contribution < -0.4 is 0 Å². The quantitative estimate of drug-likeness (QED) is 0.331. The van der Waals surface area contributed by atoms with Crippen molar-refractivity contribution in [2.24, 2.45) is 0 Å². The maximum Gasteiger partial charge on any atom is 0.308 e. The Hall–Kier alpha value is -3.75. The number of H-pyrrole nitrogens is 1. The molecular weight excluding hydrogens is 436 g/mol. The average Bonchev–Trinajstić information content (AvgIpc) is 3.50. The van der Waals surface area contributed by atoms with E-state index >= 15 is 0 Å². The third-order valence-corrected chi connectivity index (χ3v) is 5.53. The number of aromatic nitrogens is 7. The van der Waals surface area contributed by atoms with Crippen molar-refractivity contribution in [3.63, 3.8) is 0 Å². The van der Waals surface area contributed by atoms with Crippen LogP contribution in [-0.4, -0.2) is 35.4 Å². The van der Waals surface area contributed by atoms with Crippen LogP contribution in [-0.2, 0) is 25.3 Å². The van der Waals surface area contributed by atoms with Gasteiger partial charge in [-0.05, 0) is 41.7 Å². The fourth-order valence-electron chi connectivity index (χ4n) is 3.78. The molecule has 4 aromatic rings. The Morgan fingerprint density at radius 3 is 2.53 bits per heavy atom. The third kappa shape index (κ3) is 5.41. The van der Waals surface area contributed by atoms with Gasteiger partial charge in [-0.1, -0.05) is 67.6 Å². The van der Waals surface area contributed by atoms with Crippen LogP contribution in [0.4, 0.5) is 8.78 Å². The number of rotatable bonds is 10. The topological polar surface area (TPSA) is 85.2 Å². The molecule has 0 atom stereocenters. The highest BCUT2D eigenvalue weighted by Crippen LogP contribution is 2.30. The van der Waals surface area contributed by atoms with E-state index in [1.54, 1.807) is 11.6 Å². The number of alkyl halides is 2. The molecule has 1 N–H and O–H groups in total. The standard InChI is InChI=1S/C25H27F2N7/c1-3-5-10-22-28-24(25(26,27)15-4-2)31-34(22)17-19-13-11-18(12-14-19)16-20-8-6-7-9-21(20)23-29-32-33-30-23/h3,5-9,11-14H,4,10,15-17H2,1-2H3,(H,29,30,32,33). The third-order valence-electron chi connectivity index (χ3n) is 5.53. The summed E-state index contributed by atoms with van der Waals surface area (Å²) in [6.07, 6.45) is 5.03. The second-order valence-corrected chi connectivity index (χ2v) is 8.12. The molecule has 0 unspecified atom stereocenters. The SMILES string of the molecule is CC=CCc1nc(C(F)(F)CCC)nn1Cc1ccc(Cc2ccccc2-c2nn[nH]n2)cc1. The molecule has 0 spiro atoms. The number of benzene rings is 2. The average molecular weight is 464 g/mol. The Kier molecular flexibility index (Phi) is 7.20. The predicted octanol–water partition coefficient (Wildman–Crippen LogP) is 5.11. The van der Waals surface area contributed by atoms with Crippen LogP contribution in [0.1, 0.15) is 55.0 Å². The van der Waals surface area contributed by atoms with Crippen LogP contribution in [0.3, 0.4) is 0 Å². The lowest BCUT2D eigenvalue weighted by molar-refractivity contribution is -0.0232. The Morgan fingerprint density at radius 2 is 1.82 bits per heavy atom. The Morgan fingerprint density at radius 1 is 1.06 bits per heavy atom. The Balaban J connectivity index is 1.53. The summed E-state index contributed by atoms with van der Waals surface area (Å²) in [5.41, 5.74) is 4.09. The molecule has 34 heavy (non-hydrogen) atoms. The van der Waals surface area contributed by atoms with E-state index < -0.39 is 11.7 Å². The molecule has 4 rings (SSSR count). The molecule has 0 aliphatic heterocycles. The van der Waals surface area contributed by atoms with Crippen LogP contribution >= 0.6 is 0 Å². The predicted molar refractivity (Wildman–Crippen MR) is 125 cm³/mol. The first-order valence-electron chi connectivity index (χ1n) is 11.3. The van der Waals surface area contributed by atoms with Gasteiger partial charge in [0, 0.05) is 18.4 Å². The van der Waals surface area contributed by atoms with E-state index in [0.29, 0.717) is 37.5 Å². The maximum atomic E-state index is 14.4. The number of nitrogens with zero attached hydrogens (tertiary/aromatic N) is 6. The van der Waals surface area contributed by atoms with Crippen LogP contribution in [0.25, 0.3) is 11.4 Å². The molecular formula is C25H27F2N7. The lowest BCUT2D eigenvalue weighted by atomic mass is 9.98. The number of halogens is 2. The van der Waals surface area contributed by atoms with Crippen molar-refractivity contribution in [2.45, 2.75) is 52.0 Å². The Bertz CT molecular complexity index is 1230. The zero-order valence-corrected chi connectivity index (χ0v) is 19.2. The lowest BCUT2D eigenvalue weighted by Crippen LogP contribution is -2.15. The number of hydrogen-bond acceptors (Lipinski definition) is 5. The van der Waals surface area contributed by atoms with Crippen molar-refractivity contribution < 1.29 is 8.78 Å². The minimum atomic E-state index is -3.03. The molecule has 0 saturated carbocycles. The van der Waals surface area contributed by atoms with Gasteiger partial charge in [0.1, 0.15) is 5.82 Å². The molecule has 0 aliphatic rings. The summed E-state index contributed by atoms with van der Waals surface area (Å²) in [7, 11) is 0. The summed E-state index contributed by atoms with van der Waals surface area (Å²) in [6.45, 7) is 4.00. The van der Waals surface area contributed by atoms with Gasteiger partial charge in [-0.2, -0.15) is 14.0 Å². The normalized spacial score (nSPS) is 12.0. The van der Waals surface area contributed by atoms with Gasteiger partial charge in [-0.15, -0.1) is 15.3 Å². The van der Waals surface area contributed by atoms with Crippen LogP contribution in [0.2, 0.25) is 0 Å². The van der Waals surface area contributed by atoms with Gasteiger partial charge in [0.05, 0.1) is 6.54 Å². The molecule has 0 bridgehead atoms. The van der Waals surface area contributed by atoms with E-state index in [9.17, 15) is 8.78 Å². The van der Waals surface area contributed by atoms with Gasteiger partial charge in [0.2, 0.25) is 11.6 Å². The highest BCUT2D eigenvalue weighted by atomic mass is 19.3. The van der Waals surface area contributed by atoms with Gasteiger partial charge < -0.3 is 0 Å². The van der Waals surface area contributed by atoms with E-state index in [4.69, 9.17) is 0 Å². The second kappa shape index (κ2) is 10.5. The lowest BCUT2D eigenvalue weighted by Gasteiger charge is -2.10. The minimum Gasteiger partial charge on any atom is -0.245 e. The van der Waals surface area contributed by atoms with Crippen molar-refractivity contribution in [3.05, 3.63) is 89.0 Å². The van der Waals surface area contributed by atoms with Crippen molar-refractivity contribution >= 4 is 0 Å². The molecule has 0 amide bonds. The monoisotopic (exact) mass is 463 g/mol.